The SMILES string of the molecule is CC(C)[C@H](C(=O)N[C@H](C)CO)N1Cc2ccccc2C1=O. The zero-order valence-corrected chi connectivity index (χ0v) is 12.7. The molecule has 0 saturated heterocycles. The molecule has 1 aromatic carbocycles. The summed E-state index contributed by atoms with van der Waals surface area (Å²) in [5.41, 5.74) is 1.63. The van der Waals surface area contributed by atoms with Crippen LogP contribution < -0.4 is 5.32 Å². The molecule has 0 saturated carbocycles. The molecule has 0 radical (unpaired) electrons. The number of carbonyl (C=O) groups excluding carboxylic acids is 2. The number of benzene rings is 1. The van der Waals surface area contributed by atoms with Crippen LogP contribution in [0.5, 0.6) is 0 Å². The topological polar surface area (TPSA) is 69.6 Å². The molecule has 21 heavy (non-hydrogen) atoms. The second-order valence-electron chi connectivity index (χ2n) is 5.87. The highest BCUT2D eigenvalue weighted by atomic mass is 16.3. The Bertz CT molecular complexity index is 542. The Labute approximate surface area is 125 Å². The van der Waals surface area contributed by atoms with E-state index < -0.39 is 6.04 Å². The minimum Gasteiger partial charge on any atom is -0.394 e. The van der Waals surface area contributed by atoms with Crippen molar-refractivity contribution in [2.45, 2.75) is 39.4 Å². The van der Waals surface area contributed by atoms with Crippen LogP contribution in [0.4, 0.5) is 0 Å². The number of aliphatic hydroxyl groups excluding tert-OH is 1. The summed E-state index contributed by atoms with van der Waals surface area (Å²) in [5.74, 6) is -0.321. The highest BCUT2D eigenvalue weighted by Gasteiger charge is 2.38. The molecular formula is C16H22N2O3. The normalized spacial score (nSPS) is 16.8. The predicted octanol–water partition coefficient (Wildman–Crippen LogP) is 1.16. The number of hydrogen-bond acceptors (Lipinski definition) is 3. The number of aliphatic hydroxyl groups is 1. The lowest BCUT2D eigenvalue weighted by molar-refractivity contribution is -0.128. The second kappa shape index (κ2) is 6.26. The van der Waals surface area contributed by atoms with E-state index in [0.29, 0.717) is 12.1 Å². The molecular weight excluding hydrogens is 268 g/mol. The molecule has 0 spiro atoms. The predicted molar refractivity (Wildman–Crippen MR) is 79.6 cm³/mol. The van der Waals surface area contributed by atoms with E-state index in [0.717, 1.165) is 5.56 Å². The maximum Gasteiger partial charge on any atom is 0.255 e. The second-order valence-corrected chi connectivity index (χ2v) is 5.87. The molecule has 2 atom stereocenters. The molecule has 2 amide bonds. The van der Waals surface area contributed by atoms with Crippen molar-refractivity contribution in [1.29, 1.82) is 0 Å². The zero-order valence-electron chi connectivity index (χ0n) is 12.7. The van der Waals surface area contributed by atoms with Crippen LogP contribution in [-0.2, 0) is 11.3 Å². The van der Waals surface area contributed by atoms with Crippen molar-refractivity contribution in [3.8, 4) is 0 Å². The molecule has 2 N–H and O–H groups in total. The van der Waals surface area contributed by atoms with E-state index in [1.165, 1.54) is 0 Å². The average Bonchev–Trinajstić information content (AvgIpc) is 2.76. The third kappa shape index (κ3) is 3.08. The first-order valence-electron chi connectivity index (χ1n) is 7.25. The Hall–Kier alpha value is -1.88. The van der Waals surface area contributed by atoms with E-state index in [1.807, 2.05) is 32.0 Å². The highest BCUT2D eigenvalue weighted by molar-refractivity contribution is 6.01. The number of nitrogens with one attached hydrogen (secondary N) is 1. The summed E-state index contributed by atoms with van der Waals surface area (Å²) in [4.78, 5) is 26.5. The summed E-state index contributed by atoms with van der Waals surface area (Å²) >= 11 is 0. The lowest BCUT2D eigenvalue weighted by Gasteiger charge is -2.30. The minimum absolute atomic E-state index is 0.00541. The van der Waals surface area contributed by atoms with E-state index in [1.54, 1.807) is 17.9 Å². The zero-order chi connectivity index (χ0) is 15.6. The van der Waals surface area contributed by atoms with Crippen molar-refractivity contribution < 1.29 is 14.7 Å². The smallest absolute Gasteiger partial charge is 0.255 e. The van der Waals surface area contributed by atoms with E-state index in [9.17, 15) is 9.59 Å². The number of amides is 2. The molecule has 5 nitrogen and oxygen atoms in total. The summed E-state index contributed by atoms with van der Waals surface area (Å²) in [5, 5.41) is 11.8. The molecule has 0 fully saturated rings. The monoisotopic (exact) mass is 290 g/mol. The summed E-state index contributed by atoms with van der Waals surface area (Å²) < 4.78 is 0. The lowest BCUT2D eigenvalue weighted by atomic mass is 10.0. The Kier molecular flexibility index (Phi) is 4.63. The Morgan fingerprint density at radius 3 is 2.57 bits per heavy atom. The number of rotatable bonds is 5. The Morgan fingerprint density at radius 1 is 1.33 bits per heavy atom. The summed E-state index contributed by atoms with van der Waals surface area (Å²) in [7, 11) is 0. The molecule has 0 bridgehead atoms. The quantitative estimate of drug-likeness (QED) is 0.855. The van der Waals surface area contributed by atoms with Crippen molar-refractivity contribution in [2.24, 2.45) is 5.92 Å². The van der Waals surface area contributed by atoms with E-state index >= 15 is 0 Å². The van der Waals surface area contributed by atoms with Crippen molar-refractivity contribution >= 4 is 11.8 Å². The van der Waals surface area contributed by atoms with Crippen LogP contribution in [-0.4, -0.2) is 40.5 Å². The number of fused-ring (bicyclic) bond motifs is 1. The molecule has 1 aliphatic rings. The summed E-state index contributed by atoms with van der Waals surface area (Å²) in [6.07, 6.45) is 0. The average molecular weight is 290 g/mol. The van der Waals surface area contributed by atoms with Gasteiger partial charge in [0, 0.05) is 18.2 Å². The van der Waals surface area contributed by atoms with Crippen LogP contribution >= 0.6 is 0 Å². The van der Waals surface area contributed by atoms with Gasteiger partial charge in [-0.3, -0.25) is 9.59 Å². The minimum atomic E-state index is -0.529. The van der Waals surface area contributed by atoms with Gasteiger partial charge in [0.05, 0.1) is 6.61 Å². The van der Waals surface area contributed by atoms with Gasteiger partial charge in [-0.2, -0.15) is 0 Å². The van der Waals surface area contributed by atoms with Crippen LogP contribution in [0, 0.1) is 5.92 Å². The maximum absolute atomic E-state index is 12.5. The fourth-order valence-corrected chi connectivity index (χ4v) is 2.68. The van der Waals surface area contributed by atoms with Crippen LogP contribution in [0.25, 0.3) is 0 Å². The van der Waals surface area contributed by atoms with Crippen molar-refractivity contribution in [3.63, 3.8) is 0 Å². The molecule has 0 unspecified atom stereocenters. The summed E-state index contributed by atoms with van der Waals surface area (Å²) in [6.45, 7) is 5.91. The van der Waals surface area contributed by atoms with Crippen LogP contribution in [0.15, 0.2) is 24.3 Å². The van der Waals surface area contributed by atoms with Gasteiger partial charge in [0.25, 0.3) is 5.91 Å². The van der Waals surface area contributed by atoms with E-state index in [4.69, 9.17) is 5.11 Å². The van der Waals surface area contributed by atoms with Crippen LogP contribution in [0.1, 0.15) is 36.7 Å². The third-order valence-electron chi connectivity index (χ3n) is 3.75. The van der Waals surface area contributed by atoms with Gasteiger partial charge in [0.1, 0.15) is 6.04 Å². The maximum atomic E-state index is 12.5. The first-order valence-corrected chi connectivity index (χ1v) is 7.25. The van der Waals surface area contributed by atoms with Gasteiger partial charge < -0.3 is 15.3 Å². The van der Waals surface area contributed by atoms with Gasteiger partial charge >= 0.3 is 0 Å². The molecule has 2 rings (SSSR count). The fraction of sp³-hybridized carbons (Fsp3) is 0.500. The van der Waals surface area contributed by atoms with Gasteiger partial charge in [-0.15, -0.1) is 0 Å². The van der Waals surface area contributed by atoms with Crippen LogP contribution in [0.3, 0.4) is 0 Å². The number of hydrogen-bond donors (Lipinski definition) is 2. The fourth-order valence-electron chi connectivity index (χ4n) is 2.68. The van der Waals surface area contributed by atoms with E-state index in [2.05, 4.69) is 5.32 Å². The van der Waals surface area contributed by atoms with Gasteiger partial charge in [0.2, 0.25) is 5.91 Å². The number of nitrogens with zero attached hydrogens (tertiary/aromatic N) is 1. The first kappa shape index (κ1) is 15.5. The Balaban J connectivity index is 2.21. The highest BCUT2D eigenvalue weighted by Crippen LogP contribution is 2.27. The molecule has 5 heteroatoms. The van der Waals surface area contributed by atoms with Gasteiger partial charge in [-0.1, -0.05) is 32.0 Å². The van der Waals surface area contributed by atoms with Crippen LogP contribution in [0.2, 0.25) is 0 Å². The largest absolute Gasteiger partial charge is 0.394 e. The van der Waals surface area contributed by atoms with Gasteiger partial charge in [-0.25, -0.2) is 0 Å². The van der Waals surface area contributed by atoms with Crippen molar-refractivity contribution in [1.82, 2.24) is 10.2 Å². The number of carbonyl (C=O) groups is 2. The summed E-state index contributed by atoms with van der Waals surface area (Å²) in [6, 6.07) is 6.59. The molecule has 1 aromatic rings. The Morgan fingerprint density at radius 2 is 2.00 bits per heavy atom. The first-order chi connectivity index (χ1) is 9.95. The molecule has 0 aliphatic carbocycles. The standard InChI is InChI=1S/C16H22N2O3/c1-10(2)14(15(20)17-11(3)9-19)18-8-12-6-4-5-7-13(12)16(18)21/h4-7,10-11,14,19H,8-9H2,1-3H3,(H,17,20)/t11-,14-/m1/s1. The lowest BCUT2D eigenvalue weighted by Crippen LogP contribution is -2.52. The molecule has 1 heterocycles. The third-order valence-corrected chi connectivity index (χ3v) is 3.75. The van der Waals surface area contributed by atoms with Crippen molar-refractivity contribution in [2.75, 3.05) is 6.61 Å². The van der Waals surface area contributed by atoms with Gasteiger partial charge in [0.15, 0.2) is 0 Å². The van der Waals surface area contributed by atoms with E-state index in [-0.39, 0.29) is 30.4 Å². The van der Waals surface area contributed by atoms with Gasteiger partial charge in [-0.05, 0) is 24.5 Å². The van der Waals surface area contributed by atoms with Crippen molar-refractivity contribution in [3.05, 3.63) is 35.4 Å². The molecule has 1 aliphatic heterocycles. The molecule has 114 valence electrons. The molecule has 0 aromatic heterocycles.